The quantitative estimate of drug-likeness (QED) is 0.605. The van der Waals surface area contributed by atoms with Crippen LogP contribution in [0.3, 0.4) is 0 Å². The van der Waals surface area contributed by atoms with Crippen molar-refractivity contribution in [1.29, 1.82) is 0 Å². The van der Waals surface area contributed by atoms with Crippen LogP contribution in [0.4, 0.5) is 5.69 Å². The van der Waals surface area contributed by atoms with Crippen LogP contribution in [-0.4, -0.2) is 13.7 Å². The van der Waals surface area contributed by atoms with Gasteiger partial charge in [0.1, 0.15) is 6.61 Å². The summed E-state index contributed by atoms with van der Waals surface area (Å²) in [6.07, 6.45) is 0.920. The molecule has 0 aliphatic heterocycles. The molecule has 0 saturated carbocycles. The van der Waals surface area contributed by atoms with Crippen molar-refractivity contribution in [3.8, 4) is 11.5 Å². The summed E-state index contributed by atoms with van der Waals surface area (Å²) in [5, 5.41) is 3.45. The van der Waals surface area contributed by atoms with Crippen LogP contribution in [0, 0.1) is 6.92 Å². The Balaban J connectivity index is 1.56. The summed E-state index contributed by atoms with van der Waals surface area (Å²) in [7, 11) is 1.68. The molecular weight excluding hydrogens is 322 g/mol. The zero-order valence-corrected chi connectivity index (χ0v) is 15.4. The van der Waals surface area contributed by atoms with Crippen molar-refractivity contribution in [1.82, 2.24) is 0 Å². The number of aryl methyl sites for hydroxylation is 1. The van der Waals surface area contributed by atoms with Gasteiger partial charge in [0.2, 0.25) is 0 Å². The number of nitrogens with one attached hydrogen (secondary N) is 1. The molecule has 134 valence electrons. The van der Waals surface area contributed by atoms with Crippen LogP contribution in [0.5, 0.6) is 11.5 Å². The average Bonchev–Trinajstić information content (AvgIpc) is 2.69. The van der Waals surface area contributed by atoms with Gasteiger partial charge in [-0.15, -0.1) is 0 Å². The molecule has 26 heavy (non-hydrogen) atoms. The lowest BCUT2D eigenvalue weighted by molar-refractivity contribution is 0.284. The molecule has 0 fully saturated rings. The van der Waals surface area contributed by atoms with E-state index in [2.05, 4.69) is 60.8 Å². The molecule has 0 atom stereocenters. The predicted molar refractivity (Wildman–Crippen MR) is 107 cm³/mol. The summed E-state index contributed by atoms with van der Waals surface area (Å²) in [5.74, 6) is 1.54. The van der Waals surface area contributed by atoms with Gasteiger partial charge in [-0.1, -0.05) is 54.1 Å². The Morgan fingerprint density at radius 1 is 0.808 bits per heavy atom. The van der Waals surface area contributed by atoms with E-state index in [0.29, 0.717) is 6.61 Å². The fourth-order valence-corrected chi connectivity index (χ4v) is 2.74. The minimum Gasteiger partial charge on any atom is -0.493 e. The summed E-state index contributed by atoms with van der Waals surface area (Å²) < 4.78 is 11.4. The number of ether oxygens (including phenoxy) is 2. The van der Waals surface area contributed by atoms with E-state index >= 15 is 0 Å². The van der Waals surface area contributed by atoms with Gasteiger partial charge < -0.3 is 14.8 Å². The molecule has 3 heteroatoms. The predicted octanol–water partition coefficient (Wildman–Crippen LogP) is 5.24. The highest BCUT2D eigenvalue weighted by atomic mass is 16.5. The molecule has 0 amide bonds. The number of methoxy groups -OCH3 is 1. The summed E-state index contributed by atoms with van der Waals surface area (Å²) >= 11 is 0. The summed E-state index contributed by atoms with van der Waals surface area (Å²) in [5.41, 5.74) is 4.77. The molecule has 0 aliphatic carbocycles. The van der Waals surface area contributed by atoms with Crippen molar-refractivity contribution in [3.05, 3.63) is 89.5 Å². The lowest BCUT2D eigenvalue weighted by atomic mass is 10.1. The van der Waals surface area contributed by atoms with Gasteiger partial charge in [0.25, 0.3) is 0 Å². The number of hydrogen-bond acceptors (Lipinski definition) is 3. The van der Waals surface area contributed by atoms with E-state index in [-0.39, 0.29) is 0 Å². The van der Waals surface area contributed by atoms with E-state index in [4.69, 9.17) is 9.47 Å². The highest BCUT2D eigenvalue weighted by Crippen LogP contribution is 2.29. The standard InChI is InChI=1S/C23H25NO2/c1-18-8-11-21(12-9-18)24-15-14-19-10-13-22(23(16-19)25-2)26-17-20-6-4-3-5-7-20/h3-13,16,24H,14-15,17H2,1-2H3. The largest absolute Gasteiger partial charge is 0.493 e. The normalized spacial score (nSPS) is 10.4. The molecule has 3 aromatic carbocycles. The molecule has 0 saturated heterocycles. The fraction of sp³-hybridized carbons (Fsp3) is 0.217. The fourth-order valence-electron chi connectivity index (χ4n) is 2.74. The van der Waals surface area contributed by atoms with E-state index in [1.807, 2.05) is 24.3 Å². The Kier molecular flexibility index (Phi) is 6.15. The van der Waals surface area contributed by atoms with Gasteiger partial charge in [-0.3, -0.25) is 0 Å². The monoisotopic (exact) mass is 347 g/mol. The van der Waals surface area contributed by atoms with Gasteiger partial charge in [-0.05, 0) is 48.7 Å². The van der Waals surface area contributed by atoms with Gasteiger partial charge in [0.05, 0.1) is 7.11 Å². The van der Waals surface area contributed by atoms with Gasteiger partial charge in [0, 0.05) is 12.2 Å². The van der Waals surface area contributed by atoms with Gasteiger partial charge in [0.15, 0.2) is 11.5 Å². The van der Waals surface area contributed by atoms with Crippen LogP contribution in [0.1, 0.15) is 16.7 Å². The maximum Gasteiger partial charge on any atom is 0.161 e. The molecular formula is C23H25NO2. The minimum atomic E-state index is 0.533. The second-order valence-corrected chi connectivity index (χ2v) is 6.30. The molecule has 0 bridgehead atoms. The third kappa shape index (κ3) is 5.03. The Hall–Kier alpha value is -2.94. The molecule has 0 aromatic heterocycles. The van der Waals surface area contributed by atoms with E-state index in [1.165, 1.54) is 11.1 Å². The molecule has 0 spiro atoms. The van der Waals surface area contributed by atoms with Crippen LogP contribution in [0.2, 0.25) is 0 Å². The van der Waals surface area contributed by atoms with Crippen molar-refractivity contribution in [3.63, 3.8) is 0 Å². The average molecular weight is 347 g/mol. The topological polar surface area (TPSA) is 30.5 Å². The molecule has 3 aromatic rings. The van der Waals surface area contributed by atoms with E-state index in [9.17, 15) is 0 Å². The highest BCUT2D eigenvalue weighted by molar-refractivity contribution is 5.46. The Bertz CT molecular complexity index is 813. The Labute approximate surface area is 155 Å². The maximum absolute atomic E-state index is 5.91. The molecule has 0 heterocycles. The van der Waals surface area contributed by atoms with Crippen molar-refractivity contribution < 1.29 is 9.47 Å². The zero-order chi connectivity index (χ0) is 18.2. The number of benzene rings is 3. The zero-order valence-electron chi connectivity index (χ0n) is 15.4. The van der Waals surface area contributed by atoms with Gasteiger partial charge >= 0.3 is 0 Å². The number of rotatable bonds is 8. The molecule has 0 radical (unpaired) electrons. The highest BCUT2D eigenvalue weighted by Gasteiger charge is 2.06. The van der Waals surface area contributed by atoms with Crippen molar-refractivity contribution in [2.45, 2.75) is 20.0 Å². The molecule has 0 aliphatic rings. The first-order valence-corrected chi connectivity index (χ1v) is 8.89. The number of anilines is 1. The van der Waals surface area contributed by atoms with Crippen molar-refractivity contribution in [2.75, 3.05) is 19.0 Å². The summed E-state index contributed by atoms with van der Waals surface area (Å²) in [6, 6.07) is 24.7. The summed E-state index contributed by atoms with van der Waals surface area (Å²) in [6.45, 7) is 3.50. The minimum absolute atomic E-state index is 0.533. The third-order valence-corrected chi connectivity index (χ3v) is 4.26. The Morgan fingerprint density at radius 2 is 1.58 bits per heavy atom. The second kappa shape index (κ2) is 8.95. The first-order chi connectivity index (χ1) is 12.7. The molecule has 1 N–H and O–H groups in total. The van der Waals surface area contributed by atoms with E-state index in [0.717, 1.165) is 35.7 Å². The molecule has 3 rings (SSSR count). The molecule has 0 unspecified atom stereocenters. The van der Waals surface area contributed by atoms with Crippen molar-refractivity contribution in [2.24, 2.45) is 0 Å². The lowest BCUT2D eigenvalue weighted by Gasteiger charge is -2.13. The first kappa shape index (κ1) is 17.9. The second-order valence-electron chi connectivity index (χ2n) is 6.30. The van der Waals surface area contributed by atoms with Crippen LogP contribution in [-0.2, 0) is 13.0 Å². The van der Waals surface area contributed by atoms with Gasteiger partial charge in [-0.2, -0.15) is 0 Å². The lowest BCUT2D eigenvalue weighted by Crippen LogP contribution is -2.05. The van der Waals surface area contributed by atoms with E-state index in [1.54, 1.807) is 7.11 Å². The van der Waals surface area contributed by atoms with Gasteiger partial charge in [-0.25, -0.2) is 0 Å². The van der Waals surface area contributed by atoms with Crippen LogP contribution in [0.15, 0.2) is 72.8 Å². The smallest absolute Gasteiger partial charge is 0.161 e. The first-order valence-electron chi connectivity index (χ1n) is 8.89. The van der Waals surface area contributed by atoms with Crippen molar-refractivity contribution >= 4 is 5.69 Å². The van der Waals surface area contributed by atoms with Crippen LogP contribution >= 0.6 is 0 Å². The Morgan fingerprint density at radius 3 is 2.31 bits per heavy atom. The molecule has 3 nitrogen and oxygen atoms in total. The summed E-state index contributed by atoms with van der Waals surface area (Å²) in [4.78, 5) is 0. The van der Waals surface area contributed by atoms with Crippen LogP contribution in [0.25, 0.3) is 0 Å². The van der Waals surface area contributed by atoms with Crippen LogP contribution < -0.4 is 14.8 Å². The SMILES string of the molecule is COc1cc(CCNc2ccc(C)cc2)ccc1OCc1ccccc1. The number of hydrogen-bond donors (Lipinski definition) is 1. The third-order valence-electron chi connectivity index (χ3n) is 4.26. The maximum atomic E-state index is 5.91. The van der Waals surface area contributed by atoms with E-state index < -0.39 is 0 Å².